The monoisotopic (exact) mass is 286 g/mol. The number of urea groups is 1. The van der Waals surface area contributed by atoms with Crippen LogP contribution in [0.5, 0.6) is 0 Å². The Morgan fingerprint density at radius 1 is 1.42 bits per heavy atom. The van der Waals surface area contributed by atoms with E-state index < -0.39 is 18.0 Å². The quantitative estimate of drug-likeness (QED) is 0.608. The van der Waals surface area contributed by atoms with Gasteiger partial charge in [0.25, 0.3) is 0 Å². The van der Waals surface area contributed by atoms with Crippen LogP contribution in [0.1, 0.15) is 30.7 Å². The van der Waals surface area contributed by atoms with Gasteiger partial charge in [-0.2, -0.15) is 0 Å². The molecule has 0 radical (unpaired) electrons. The van der Waals surface area contributed by atoms with Gasteiger partial charge < -0.3 is 20.8 Å². The molecule has 19 heavy (non-hydrogen) atoms. The zero-order chi connectivity index (χ0) is 14.3. The molecule has 2 atom stereocenters. The number of hydrogen-bond donors (Lipinski definition) is 4. The average Bonchev–Trinajstić information content (AvgIpc) is 2.89. The Kier molecular flexibility index (Phi) is 6.31. The van der Waals surface area contributed by atoms with Crippen molar-refractivity contribution in [3.05, 3.63) is 22.4 Å². The Hall–Kier alpha value is -1.60. The second kappa shape index (κ2) is 7.75. The second-order valence-corrected chi connectivity index (χ2v) is 4.98. The molecule has 0 aliphatic heterocycles. The molecule has 7 heteroatoms. The first-order valence-electron chi connectivity index (χ1n) is 6.02. The maximum Gasteiger partial charge on any atom is 0.326 e. The highest BCUT2D eigenvalue weighted by Crippen LogP contribution is 2.21. The highest BCUT2D eigenvalue weighted by molar-refractivity contribution is 7.10. The van der Waals surface area contributed by atoms with Crippen molar-refractivity contribution in [1.29, 1.82) is 0 Å². The molecule has 0 saturated heterocycles. The molecule has 0 spiro atoms. The fourth-order valence-corrected chi connectivity index (χ4v) is 2.47. The van der Waals surface area contributed by atoms with Crippen molar-refractivity contribution in [2.75, 3.05) is 6.61 Å². The highest BCUT2D eigenvalue weighted by atomic mass is 32.1. The number of rotatable bonds is 7. The number of nitrogens with one attached hydrogen (secondary N) is 2. The normalized spacial score (nSPS) is 13.6. The van der Waals surface area contributed by atoms with Crippen LogP contribution >= 0.6 is 11.3 Å². The largest absolute Gasteiger partial charge is 0.480 e. The summed E-state index contributed by atoms with van der Waals surface area (Å²) in [4.78, 5) is 23.6. The molecule has 0 fully saturated rings. The fourth-order valence-electron chi connectivity index (χ4n) is 1.61. The number of aliphatic hydroxyl groups is 1. The molecule has 6 nitrogen and oxygen atoms in total. The zero-order valence-electron chi connectivity index (χ0n) is 10.6. The summed E-state index contributed by atoms with van der Waals surface area (Å²) in [6.45, 7) is 1.65. The van der Waals surface area contributed by atoms with Crippen LogP contribution in [0, 0.1) is 0 Å². The van der Waals surface area contributed by atoms with Gasteiger partial charge in [-0.05, 0) is 17.9 Å². The van der Waals surface area contributed by atoms with E-state index in [1.807, 2.05) is 24.4 Å². The Labute approximate surface area is 115 Å². The number of carboxylic acid groups (broad SMARTS) is 1. The van der Waals surface area contributed by atoms with E-state index in [-0.39, 0.29) is 19.1 Å². The number of carbonyl (C=O) groups is 2. The third-order valence-electron chi connectivity index (χ3n) is 2.62. The topological polar surface area (TPSA) is 98.7 Å². The van der Waals surface area contributed by atoms with Gasteiger partial charge in [0.1, 0.15) is 6.04 Å². The first-order chi connectivity index (χ1) is 9.08. The van der Waals surface area contributed by atoms with E-state index in [9.17, 15) is 9.59 Å². The first kappa shape index (κ1) is 15.5. The number of aliphatic carboxylic acids is 1. The van der Waals surface area contributed by atoms with Gasteiger partial charge in [0, 0.05) is 17.9 Å². The van der Waals surface area contributed by atoms with E-state index in [0.717, 1.165) is 4.88 Å². The Morgan fingerprint density at radius 3 is 2.63 bits per heavy atom. The Bertz CT molecular complexity index is 408. The van der Waals surface area contributed by atoms with Crippen molar-refractivity contribution in [3.63, 3.8) is 0 Å². The molecule has 2 amide bonds. The molecule has 1 heterocycles. The van der Waals surface area contributed by atoms with Gasteiger partial charge >= 0.3 is 12.0 Å². The van der Waals surface area contributed by atoms with E-state index in [2.05, 4.69) is 10.6 Å². The summed E-state index contributed by atoms with van der Waals surface area (Å²) in [5.41, 5.74) is 0. The van der Waals surface area contributed by atoms with Gasteiger partial charge in [0.15, 0.2) is 0 Å². The molecule has 1 unspecified atom stereocenters. The van der Waals surface area contributed by atoms with Crippen LogP contribution in [-0.4, -0.2) is 34.9 Å². The molecule has 0 aliphatic rings. The van der Waals surface area contributed by atoms with E-state index in [1.165, 1.54) is 11.3 Å². The standard InChI is InChI=1S/C12H18N2O4S/c1-2-8(10-4-3-7-19-10)13-12(18)14-9(5-6-15)11(16)17/h3-4,7-9,15H,2,5-6H2,1H3,(H,16,17)(H2,13,14,18)/t8?,9-/m0/s1. The number of carbonyl (C=O) groups excluding carboxylic acids is 1. The van der Waals surface area contributed by atoms with E-state index in [4.69, 9.17) is 10.2 Å². The smallest absolute Gasteiger partial charge is 0.326 e. The highest BCUT2D eigenvalue weighted by Gasteiger charge is 2.21. The lowest BCUT2D eigenvalue weighted by atomic mass is 10.2. The molecule has 1 aromatic heterocycles. The summed E-state index contributed by atoms with van der Waals surface area (Å²) >= 11 is 1.53. The molecule has 0 aliphatic carbocycles. The second-order valence-electron chi connectivity index (χ2n) is 4.00. The van der Waals surface area contributed by atoms with Gasteiger partial charge in [0.05, 0.1) is 6.04 Å². The molecule has 1 aromatic rings. The Balaban J connectivity index is 2.55. The van der Waals surface area contributed by atoms with Gasteiger partial charge in [-0.1, -0.05) is 13.0 Å². The summed E-state index contributed by atoms with van der Waals surface area (Å²) in [6, 6.07) is 2.06. The molecule has 0 saturated carbocycles. The number of amides is 2. The molecule has 0 bridgehead atoms. The Morgan fingerprint density at radius 2 is 2.16 bits per heavy atom. The van der Waals surface area contributed by atoms with Crippen molar-refractivity contribution in [2.24, 2.45) is 0 Å². The van der Waals surface area contributed by atoms with Crippen LogP contribution in [0.25, 0.3) is 0 Å². The lowest BCUT2D eigenvalue weighted by molar-refractivity contribution is -0.139. The van der Waals surface area contributed by atoms with Crippen molar-refractivity contribution in [1.82, 2.24) is 10.6 Å². The minimum Gasteiger partial charge on any atom is -0.480 e. The zero-order valence-corrected chi connectivity index (χ0v) is 11.4. The van der Waals surface area contributed by atoms with Crippen LogP contribution in [0.15, 0.2) is 17.5 Å². The van der Waals surface area contributed by atoms with E-state index in [0.29, 0.717) is 6.42 Å². The molecule has 0 aromatic carbocycles. The van der Waals surface area contributed by atoms with Crippen LogP contribution in [0.2, 0.25) is 0 Å². The van der Waals surface area contributed by atoms with Gasteiger partial charge in [0.2, 0.25) is 0 Å². The first-order valence-corrected chi connectivity index (χ1v) is 6.90. The van der Waals surface area contributed by atoms with Gasteiger partial charge in [-0.3, -0.25) is 0 Å². The number of carboxylic acids is 1. The predicted octanol–water partition coefficient (Wildman–Crippen LogP) is 1.33. The fraction of sp³-hybridized carbons (Fsp3) is 0.500. The predicted molar refractivity (Wildman–Crippen MR) is 72.1 cm³/mol. The van der Waals surface area contributed by atoms with Crippen molar-refractivity contribution in [2.45, 2.75) is 31.8 Å². The average molecular weight is 286 g/mol. The van der Waals surface area contributed by atoms with Crippen molar-refractivity contribution >= 4 is 23.3 Å². The summed E-state index contributed by atoms with van der Waals surface area (Å²) in [5, 5.41) is 24.6. The maximum atomic E-state index is 11.7. The number of aliphatic hydroxyl groups excluding tert-OH is 1. The van der Waals surface area contributed by atoms with E-state index in [1.54, 1.807) is 0 Å². The minimum atomic E-state index is -1.16. The van der Waals surface area contributed by atoms with E-state index >= 15 is 0 Å². The van der Waals surface area contributed by atoms with Crippen LogP contribution in [-0.2, 0) is 4.79 Å². The summed E-state index contributed by atoms with van der Waals surface area (Å²) < 4.78 is 0. The number of hydrogen-bond acceptors (Lipinski definition) is 4. The lowest BCUT2D eigenvalue weighted by Crippen LogP contribution is -2.47. The summed E-state index contributed by atoms with van der Waals surface area (Å²) in [7, 11) is 0. The van der Waals surface area contributed by atoms with Crippen LogP contribution in [0.4, 0.5) is 4.79 Å². The van der Waals surface area contributed by atoms with Crippen molar-refractivity contribution < 1.29 is 19.8 Å². The SMILES string of the molecule is CCC(NC(=O)N[C@@H](CCO)C(=O)O)c1cccs1. The number of thiophene rings is 1. The minimum absolute atomic E-state index is 0.0153. The molecular weight excluding hydrogens is 268 g/mol. The van der Waals surface area contributed by atoms with Gasteiger partial charge in [-0.25, -0.2) is 9.59 Å². The van der Waals surface area contributed by atoms with Crippen LogP contribution in [0.3, 0.4) is 0 Å². The lowest BCUT2D eigenvalue weighted by Gasteiger charge is -2.18. The maximum absolute atomic E-state index is 11.7. The molecule has 4 N–H and O–H groups in total. The van der Waals surface area contributed by atoms with Crippen LogP contribution < -0.4 is 10.6 Å². The third kappa shape index (κ3) is 4.88. The van der Waals surface area contributed by atoms with Gasteiger partial charge in [-0.15, -0.1) is 11.3 Å². The molecule has 1 rings (SSSR count). The molecular formula is C12H18N2O4S. The van der Waals surface area contributed by atoms with Crippen molar-refractivity contribution in [3.8, 4) is 0 Å². The third-order valence-corrected chi connectivity index (χ3v) is 3.61. The molecule has 106 valence electrons. The summed E-state index contributed by atoms with van der Waals surface area (Å²) in [6.07, 6.45) is 0.699. The summed E-state index contributed by atoms with van der Waals surface area (Å²) in [5.74, 6) is -1.16.